The molecule has 0 aromatic heterocycles. The Morgan fingerprint density at radius 1 is 1.25 bits per heavy atom. The van der Waals surface area contributed by atoms with Gasteiger partial charge in [0.1, 0.15) is 0 Å². The number of nitrogens with one attached hydrogen (secondary N) is 1. The fourth-order valence-corrected chi connectivity index (χ4v) is 2.98. The highest BCUT2D eigenvalue weighted by Gasteiger charge is 2.33. The van der Waals surface area contributed by atoms with Gasteiger partial charge >= 0.3 is 0 Å². The Morgan fingerprint density at radius 3 is 3.00 bits per heavy atom. The fraction of sp³-hybridized carbons (Fsp3) is 1.00. The molecule has 3 nitrogen and oxygen atoms in total. The van der Waals surface area contributed by atoms with Gasteiger partial charge in [0.15, 0.2) is 0 Å². The predicted octanol–water partition coefficient (Wildman–Crippen LogP) is 1.63. The second kappa shape index (κ2) is 6.58. The Hall–Kier alpha value is -0.120. The number of nitrogens with zero attached hydrogens (tertiary/aromatic N) is 1. The third-order valence-corrected chi connectivity index (χ3v) is 3.85. The summed E-state index contributed by atoms with van der Waals surface area (Å²) < 4.78 is 5.88. The first-order chi connectivity index (χ1) is 7.92. The number of hydrogen-bond donors (Lipinski definition) is 1. The van der Waals surface area contributed by atoms with Crippen LogP contribution in [-0.4, -0.2) is 49.8 Å². The van der Waals surface area contributed by atoms with Crippen molar-refractivity contribution in [3.8, 4) is 0 Å². The van der Waals surface area contributed by atoms with Crippen LogP contribution >= 0.6 is 0 Å². The van der Waals surface area contributed by atoms with E-state index in [1.54, 1.807) is 0 Å². The van der Waals surface area contributed by atoms with Gasteiger partial charge in [-0.2, -0.15) is 0 Å². The predicted molar refractivity (Wildman–Crippen MR) is 66.7 cm³/mol. The normalized spacial score (nSPS) is 31.3. The van der Waals surface area contributed by atoms with Gasteiger partial charge in [-0.3, -0.25) is 4.90 Å². The number of morpholine rings is 1. The summed E-state index contributed by atoms with van der Waals surface area (Å²) in [6.07, 6.45) is 7.15. The number of fused-ring (bicyclic) bond motifs is 1. The maximum Gasteiger partial charge on any atom is 0.0730 e. The Morgan fingerprint density at radius 2 is 2.12 bits per heavy atom. The lowest BCUT2D eigenvalue weighted by molar-refractivity contribution is -0.0873. The Labute approximate surface area is 99.5 Å². The summed E-state index contributed by atoms with van der Waals surface area (Å²) >= 11 is 0. The largest absolute Gasteiger partial charge is 0.375 e. The minimum atomic E-state index is 0.536. The van der Waals surface area contributed by atoms with E-state index >= 15 is 0 Å². The maximum absolute atomic E-state index is 5.88. The van der Waals surface area contributed by atoms with Gasteiger partial charge in [-0.1, -0.05) is 19.8 Å². The van der Waals surface area contributed by atoms with Crippen molar-refractivity contribution in [1.29, 1.82) is 0 Å². The summed E-state index contributed by atoms with van der Waals surface area (Å²) in [4.78, 5) is 2.65. The quantitative estimate of drug-likeness (QED) is 0.721. The van der Waals surface area contributed by atoms with E-state index < -0.39 is 0 Å². The molecule has 1 heterocycles. The van der Waals surface area contributed by atoms with Gasteiger partial charge < -0.3 is 10.1 Å². The molecule has 0 bridgehead atoms. The molecule has 2 unspecified atom stereocenters. The van der Waals surface area contributed by atoms with Crippen molar-refractivity contribution in [1.82, 2.24) is 10.2 Å². The van der Waals surface area contributed by atoms with E-state index in [2.05, 4.69) is 17.1 Å². The molecule has 0 spiro atoms. The van der Waals surface area contributed by atoms with Crippen LogP contribution in [0.4, 0.5) is 0 Å². The smallest absolute Gasteiger partial charge is 0.0730 e. The minimum absolute atomic E-state index is 0.536. The highest BCUT2D eigenvalue weighted by Crippen LogP contribution is 2.27. The van der Waals surface area contributed by atoms with Crippen LogP contribution in [0.2, 0.25) is 0 Å². The van der Waals surface area contributed by atoms with Gasteiger partial charge in [0.25, 0.3) is 0 Å². The second-order valence-corrected chi connectivity index (χ2v) is 5.05. The van der Waals surface area contributed by atoms with Crippen LogP contribution in [0.15, 0.2) is 0 Å². The summed E-state index contributed by atoms with van der Waals surface area (Å²) in [6.45, 7) is 7.78. The van der Waals surface area contributed by atoms with E-state index in [-0.39, 0.29) is 0 Å². The van der Waals surface area contributed by atoms with Crippen LogP contribution in [0, 0.1) is 0 Å². The van der Waals surface area contributed by atoms with E-state index in [1.165, 1.54) is 38.6 Å². The maximum atomic E-state index is 5.88. The van der Waals surface area contributed by atoms with Crippen molar-refractivity contribution >= 4 is 0 Å². The van der Waals surface area contributed by atoms with Crippen LogP contribution in [-0.2, 0) is 4.74 Å². The number of ether oxygens (including phenoxy) is 1. The fourth-order valence-electron chi connectivity index (χ4n) is 2.98. The van der Waals surface area contributed by atoms with E-state index in [9.17, 15) is 0 Å². The van der Waals surface area contributed by atoms with Crippen LogP contribution in [0.5, 0.6) is 0 Å². The highest BCUT2D eigenvalue weighted by atomic mass is 16.5. The molecule has 1 N–H and O–H groups in total. The Bertz CT molecular complexity index is 196. The average molecular weight is 226 g/mol. The molecule has 1 saturated carbocycles. The molecule has 0 aromatic rings. The molecular weight excluding hydrogens is 200 g/mol. The topological polar surface area (TPSA) is 24.5 Å². The average Bonchev–Trinajstić information content (AvgIpc) is 2.35. The standard InChI is InChI=1S/C13H26N2O/c1-2-7-14-8-9-15-10-11-16-13-6-4-3-5-12(13)15/h12-14H,2-11H2,1H3. The van der Waals surface area contributed by atoms with E-state index in [1.807, 2.05) is 0 Å². The monoisotopic (exact) mass is 226 g/mol. The molecule has 2 atom stereocenters. The summed E-state index contributed by atoms with van der Waals surface area (Å²) in [7, 11) is 0. The van der Waals surface area contributed by atoms with Crippen molar-refractivity contribution < 1.29 is 4.74 Å². The lowest BCUT2D eigenvalue weighted by Crippen LogP contribution is -2.54. The van der Waals surface area contributed by atoms with E-state index in [0.717, 1.165) is 26.2 Å². The van der Waals surface area contributed by atoms with Crippen molar-refractivity contribution in [3.05, 3.63) is 0 Å². The first-order valence-electron chi connectivity index (χ1n) is 6.98. The molecule has 0 aromatic carbocycles. The Kier molecular flexibility index (Phi) is 5.07. The zero-order chi connectivity index (χ0) is 11.2. The van der Waals surface area contributed by atoms with Crippen molar-refractivity contribution in [2.75, 3.05) is 32.8 Å². The molecule has 1 aliphatic carbocycles. The SMILES string of the molecule is CCCNCCN1CCOC2CCCCC21. The number of hydrogen-bond acceptors (Lipinski definition) is 3. The summed E-state index contributed by atoms with van der Waals surface area (Å²) in [5.74, 6) is 0. The summed E-state index contributed by atoms with van der Waals surface area (Å²) in [6, 6.07) is 0.714. The second-order valence-electron chi connectivity index (χ2n) is 5.05. The molecule has 2 fully saturated rings. The van der Waals surface area contributed by atoms with Crippen molar-refractivity contribution in [2.45, 2.75) is 51.2 Å². The first-order valence-corrected chi connectivity index (χ1v) is 6.98. The van der Waals surface area contributed by atoms with E-state index in [4.69, 9.17) is 4.74 Å². The molecule has 16 heavy (non-hydrogen) atoms. The number of rotatable bonds is 5. The molecule has 1 saturated heterocycles. The lowest BCUT2D eigenvalue weighted by Gasteiger charge is -2.43. The third-order valence-electron chi connectivity index (χ3n) is 3.85. The van der Waals surface area contributed by atoms with Gasteiger partial charge in [0.05, 0.1) is 12.7 Å². The van der Waals surface area contributed by atoms with Crippen LogP contribution in [0.25, 0.3) is 0 Å². The van der Waals surface area contributed by atoms with Gasteiger partial charge in [0, 0.05) is 25.7 Å². The lowest BCUT2D eigenvalue weighted by atomic mass is 9.90. The molecule has 1 aliphatic heterocycles. The van der Waals surface area contributed by atoms with E-state index in [0.29, 0.717) is 12.1 Å². The highest BCUT2D eigenvalue weighted by molar-refractivity contribution is 4.87. The first kappa shape index (κ1) is 12.3. The third kappa shape index (κ3) is 3.19. The van der Waals surface area contributed by atoms with Gasteiger partial charge in [-0.05, 0) is 25.8 Å². The zero-order valence-electron chi connectivity index (χ0n) is 10.6. The van der Waals surface area contributed by atoms with Gasteiger partial charge in [-0.15, -0.1) is 0 Å². The molecular formula is C13H26N2O. The van der Waals surface area contributed by atoms with Crippen LogP contribution in [0.3, 0.4) is 0 Å². The molecule has 3 heteroatoms. The zero-order valence-corrected chi connectivity index (χ0v) is 10.6. The molecule has 94 valence electrons. The molecule has 0 amide bonds. The molecule has 2 rings (SSSR count). The molecule has 2 aliphatic rings. The Balaban J connectivity index is 1.74. The summed E-state index contributed by atoms with van der Waals surface area (Å²) in [5, 5.41) is 3.50. The van der Waals surface area contributed by atoms with Crippen LogP contribution in [0.1, 0.15) is 39.0 Å². The molecule has 0 radical (unpaired) electrons. The van der Waals surface area contributed by atoms with Crippen molar-refractivity contribution in [3.63, 3.8) is 0 Å². The van der Waals surface area contributed by atoms with Gasteiger partial charge in [-0.25, -0.2) is 0 Å². The van der Waals surface area contributed by atoms with Crippen molar-refractivity contribution in [2.24, 2.45) is 0 Å². The van der Waals surface area contributed by atoms with Gasteiger partial charge in [0.2, 0.25) is 0 Å². The summed E-state index contributed by atoms with van der Waals surface area (Å²) in [5.41, 5.74) is 0. The van der Waals surface area contributed by atoms with Crippen LogP contribution < -0.4 is 5.32 Å². The minimum Gasteiger partial charge on any atom is -0.375 e.